The van der Waals surface area contributed by atoms with Gasteiger partial charge in [0.1, 0.15) is 11.5 Å². The van der Waals surface area contributed by atoms with Gasteiger partial charge < -0.3 is 10.6 Å². The van der Waals surface area contributed by atoms with Crippen molar-refractivity contribution in [2.75, 3.05) is 18.4 Å². The van der Waals surface area contributed by atoms with E-state index in [2.05, 4.69) is 44.6 Å². The summed E-state index contributed by atoms with van der Waals surface area (Å²) in [6, 6.07) is 10.7. The van der Waals surface area contributed by atoms with Gasteiger partial charge in [-0.05, 0) is 38.4 Å². The van der Waals surface area contributed by atoms with Gasteiger partial charge in [0.2, 0.25) is 5.91 Å². The highest BCUT2D eigenvalue weighted by molar-refractivity contribution is 6.08. The molecule has 1 fully saturated rings. The third-order valence-electron chi connectivity index (χ3n) is 6.19. The smallest absolute Gasteiger partial charge is 0.236 e. The molecule has 3 aromatic rings. The number of nitrogens with one attached hydrogen (secondary N) is 2. The Morgan fingerprint density at radius 2 is 2.15 bits per heavy atom. The summed E-state index contributed by atoms with van der Waals surface area (Å²) in [5, 5.41) is 12.6. The number of benzene rings is 1. The van der Waals surface area contributed by atoms with Gasteiger partial charge in [-0.1, -0.05) is 25.1 Å². The van der Waals surface area contributed by atoms with Crippen LogP contribution in [-0.2, 0) is 10.2 Å². The molecule has 0 saturated carbocycles. The van der Waals surface area contributed by atoms with Crippen LogP contribution >= 0.6 is 0 Å². The molecule has 1 amide bonds. The van der Waals surface area contributed by atoms with Crippen molar-refractivity contribution in [3.05, 3.63) is 42.1 Å². The normalized spacial score (nSPS) is 24.4. The second-order valence-electron chi connectivity index (χ2n) is 7.68. The van der Waals surface area contributed by atoms with Crippen molar-refractivity contribution in [2.45, 2.75) is 38.1 Å². The summed E-state index contributed by atoms with van der Waals surface area (Å²) in [4.78, 5) is 17.1. The van der Waals surface area contributed by atoms with E-state index in [-0.39, 0.29) is 5.91 Å². The molecule has 1 unspecified atom stereocenters. The summed E-state index contributed by atoms with van der Waals surface area (Å²) in [7, 11) is 0. The molecule has 4 heterocycles. The number of nitrogens with zero attached hydrogens (tertiary/aromatic N) is 3. The van der Waals surface area contributed by atoms with E-state index in [0.717, 1.165) is 53.7 Å². The van der Waals surface area contributed by atoms with Crippen LogP contribution in [0.4, 0.5) is 5.82 Å². The summed E-state index contributed by atoms with van der Waals surface area (Å²) in [6.45, 7) is 6.00. The first-order valence-electron chi connectivity index (χ1n) is 9.62. The molecule has 2 atom stereocenters. The van der Waals surface area contributed by atoms with Gasteiger partial charge in [-0.3, -0.25) is 9.48 Å². The molecule has 0 aliphatic carbocycles. The zero-order valence-electron chi connectivity index (χ0n) is 15.6. The monoisotopic (exact) mass is 361 g/mol. The maximum atomic E-state index is 12.7. The molecule has 27 heavy (non-hydrogen) atoms. The van der Waals surface area contributed by atoms with Gasteiger partial charge in [-0.15, -0.1) is 0 Å². The fourth-order valence-corrected chi connectivity index (χ4v) is 4.42. The van der Waals surface area contributed by atoms with Crippen molar-refractivity contribution in [2.24, 2.45) is 0 Å². The van der Waals surface area contributed by atoms with Crippen LogP contribution in [-0.4, -0.2) is 33.8 Å². The van der Waals surface area contributed by atoms with Gasteiger partial charge in [0.15, 0.2) is 0 Å². The number of amides is 1. The maximum Gasteiger partial charge on any atom is 0.236 e. The number of hydrogen-bond donors (Lipinski definition) is 2. The Balaban J connectivity index is 1.77. The van der Waals surface area contributed by atoms with E-state index in [1.54, 1.807) is 6.20 Å². The van der Waals surface area contributed by atoms with Crippen molar-refractivity contribution in [3.63, 3.8) is 0 Å². The number of carbonyl (C=O) groups is 1. The molecule has 0 spiro atoms. The standard InChI is InChI=1S/C21H23N5O/c1-3-21(2)17-15(9-11-23-19(17)24-20(21)27)18-14-6-4-5-7-16(14)26(25-18)13-8-10-22-12-13/h4-7,9,11,13,22H,3,8,10,12H2,1-2H3,(H,23,24,27)/t13-,21?/m0/s1. The third-order valence-corrected chi connectivity index (χ3v) is 6.19. The Kier molecular flexibility index (Phi) is 3.59. The Hall–Kier alpha value is -2.73. The Bertz CT molecular complexity index is 1050. The lowest BCUT2D eigenvalue weighted by Crippen LogP contribution is -2.30. The van der Waals surface area contributed by atoms with E-state index in [4.69, 9.17) is 5.10 Å². The van der Waals surface area contributed by atoms with E-state index >= 15 is 0 Å². The van der Waals surface area contributed by atoms with E-state index < -0.39 is 5.41 Å². The average molecular weight is 361 g/mol. The van der Waals surface area contributed by atoms with Crippen molar-refractivity contribution in [3.8, 4) is 11.3 Å². The molecule has 0 bridgehead atoms. The lowest BCUT2D eigenvalue weighted by atomic mass is 9.79. The fourth-order valence-electron chi connectivity index (χ4n) is 4.42. The minimum atomic E-state index is -0.585. The topological polar surface area (TPSA) is 71.8 Å². The SMILES string of the molecule is CCC1(C)C(=O)Nc2nccc(-c3nn([C@H]4CCNC4)c4ccccc34)c21. The molecular formula is C21H23N5O. The van der Waals surface area contributed by atoms with Crippen LogP contribution in [0.3, 0.4) is 0 Å². The zero-order chi connectivity index (χ0) is 18.6. The number of para-hydroxylation sites is 1. The molecule has 5 rings (SSSR count). The van der Waals surface area contributed by atoms with Crippen LogP contribution in [0.2, 0.25) is 0 Å². The number of hydrogen-bond acceptors (Lipinski definition) is 4. The van der Waals surface area contributed by atoms with Crippen molar-refractivity contribution in [1.82, 2.24) is 20.1 Å². The second-order valence-corrected chi connectivity index (χ2v) is 7.68. The molecular weight excluding hydrogens is 338 g/mol. The van der Waals surface area contributed by atoms with E-state index in [0.29, 0.717) is 11.9 Å². The summed E-state index contributed by atoms with van der Waals surface area (Å²) >= 11 is 0. The van der Waals surface area contributed by atoms with Crippen LogP contribution in [0, 0.1) is 0 Å². The van der Waals surface area contributed by atoms with Gasteiger partial charge in [-0.2, -0.15) is 5.10 Å². The summed E-state index contributed by atoms with van der Waals surface area (Å²) < 4.78 is 2.16. The van der Waals surface area contributed by atoms with Crippen molar-refractivity contribution >= 4 is 22.6 Å². The van der Waals surface area contributed by atoms with E-state index in [9.17, 15) is 4.79 Å². The molecule has 2 aromatic heterocycles. The van der Waals surface area contributed by atoms with Gasteiger partial charge in [0, 0.05) is 29.3 Å². The lowest BCUT2D eigenvalue weighted by molar-refractivity contribution is -0.120. The Labute approximate surface area is 158 Å². The largest absolute Gasteiger partial charge is 0.315 e. The third kappa shape index (κ3) is 2.26. The molecule has 6 nitrogen and oxygen atoms in total. The molecule has 2 aliphatic heterocycles. The number of pyridine rings is 1. The number of aromatic nitrogens is 3. The highest BCUT2D eigenvalue weighted by atomic mass is 16.2. The predicted octanol–water partition coefficient (Wildman–Crippen LogP) is 3.25. The molecule has 0 radical (unpaired) electrons. The number of rotatable bonds is 3. The number of fused-ring (bicyclic) bond motifs is 2. The zero-order valence-corrected chi connectivity index (χ0v) is 15.6. The summed E-state index contributed by atoms with van der Waals surface area (Å²) in [5.74, 6) is 0.687. The summed E-state index contributed by atoms with van der Waals surface area (Å²) in [6.07, 6.45) is 3.56. The lowest BCUT2D eigenvalue weighted by Gasteiger charge is -2.21. The highest BCUT2D eigenvalue weighted by Gasteiger charge is 2.44. The van der Waals surface area contributed by atoms with Gasteiger partial charge >= 0.3 is 0 Å². The minimum absolute atomic E-state index is 0.0173. The molecule has 2 aliphatic rings. The van der Waals surface area contributed by atoms with Gasteiger partial charge in [0.05, 0.1) is 17.0 Å². The molecule has 1 aromatic carbocycles. The van der Waals surface area contributed by atoms with Gasteiger partial charge in [0.25, 0.3) is 0 Å². The highest BCUT2D eigenvalue weighted by Crippen LogP contribution is 2.45. The predicted molar refractivity (Wildman–Crippen MR) is 106 cm³/mol. The Morgan fingerprint density at radius 3 is 2.93 bits per heavy atom. The van der Waals surface area contributed by atoms with Crippen molar-refractivity contribution in [1.29, 1.82) is 0 Å². The van der Waals surface area contributed by atoms with Crippen LogP contribution in [0.5, 0.6) is 0 Å². The van der Waals surface area contributed by atoms with Crippen molar-refractivity contribution < 1.29 is 4.79 Å². The van der Waals surface area contributed by atoms with Crippen LogP contribution in [0.1, 0.15) is 38.3 Å². The molecule has 1 saturated heterocycles. The molecule has 6 heteroatoms. The maximum absolute atomic E-state index is 12.7. The average Bonchev–Trinajstić information content (AvgIpc) is 3.39. The second kappa shape index (κ2) is 5.89. The quantitative estimate of drug-likeness (QED) is 0.751. The number of carbonyl (C=O) groups excluding carboxylic acids is 1. The Morgan fingerprint density at radius 1 is 1.30 bits per heavy atom. The van der Waals surface area contributed by atoms with Crippen LogP contribution in [0.25, 0.3) is 22.2 Å². The molecule has 2 N–H and O–H groups in total. The first-order valence-corrected chi connectivity index (χ1v) is 9.62. The van der Waals surface area contributed by atoms with E-state index in [1.807, 2.05) is 19.9 Å². The van der Waals surface area contributed by atoms with Gasteiger partial charge in [-0.25, -0.2) is 4.98 Å². The minimum Gasteiger partial charge on any atom is -0.315 e. The summed E-state index contributed by atoms with van der Waals surface area (Å²) in [5.41, 5.74) is 3.47. The first kappa shape index (κ1) is 16.4. The first-order chi connectivity index (χ1) is 13.1. The fraction of sp³-hybridized carbons (Fsp3) is 0.381. The van der Waals surface area contributed by atoms with E-state index in [1.165, 1.54) is 0 Å². The van der Waals surface area contributed by atoms with Crippen LogP contribution < -0.4 is 10.6 Å². The number of anilines is 1. The molecule has 138 valence electrons. The van der Waals surface area contributed by atoms with Crippen LogP contribution in [0.15, 0.2) is 36.5 Å².